The molecule has 0 saturated carbocycles. The van der Waals surface area contributed by atoms with Crippen molar-refractivity contribution in [2.75, 3.05) is 12.0 Å². The van der Waals surface area contributed by atoms with Crippen LogP contribution < -0.4 is 14.4 Å². The Balaban J connectivity index is 1.64. The highest BCUT2D eigenvalue weighted by molar-refractivity contribution is 6.23. The summed E-state index contributed by atoms with van der Waals surface area (Å²) < 4.78 is 23.6. The third-order valence-electron chi connectivity index (χ3n) is 5.72. The summed E-state index contributed by atoms with van der Waals surface area (Å²) in [5, 5.41) is 0. The number of carbonyl (C=O) groups excluding carboxylic acids is 4. The molecule has 1 aliphatic heterocycles. The van der Waals surface area contributed by atoms with Crippen LogP contribution in [-0.4, -0.2) is 41.7 Å². The van der Waals surface area contributed by atoms with Gasteiger partial charge in [0.2, 0.25) is 5.91 Å². The van der Waals surface area contributed by atoms with Crippen molar-refractivity contribution >= 4 is 29.4 Å². The Morgan fingerprint density at radius 3 is 2.14 bits per heavy atom. The van der Waals surface area contributed by atoms with Crippen molar-refractivity contribution in [2.24, 2.45) is 0 Å². The zero-order valence-electron chi connectivity index (χ0n) is 19.6. The lowest BCUT2D eigenvalue weighted by molar-refractivity contribution is -0.132. The number of rotatable bonds is 7. The fourth-order valence-electron chi connectivity index (χ4n) is 3.97. The molecule has 0 spiro atoms. The lowest BCUT2D eigenvalue weighted by Gasteiger charge is -2.28. The van der Waals surface area contributed by atoms with Crippen molar-refractivity contribution in [2.45, 2.75) is 25.9 Å². The molecule has 3 amide bonds. The van der Waals surface area contributed by atoms with Gasteiger partial charge in [-0.1, -0.05) is 12.1 Å². The topological polar surface area (TPSA) is 93.2 Å². The maximum absolute atomic E-state index is 13.5. The van der Waals surface area contributed by atoms with Gasteiger partial charge in [-0.25, -0.2) is 9.29 Å². The van der Waals surface area contributed by atoms with E-state index in [0.717, 1.165) is 4.90 Å². The van der Waals surface area contributed by atoms with Crippen LogP contribution in [0.25, 0.3) is 0 Å². The van der Waals surface area contributed by atoms with Crippen molar-refractivity contribution in [3.8, 4) is 11.5 Å². The molecule has 1 atom stereocenters. The Morgan fingerprint density at radius 1 is 0.944 bits per heavy atom. The number of ether oxygens (including phenoxy) is 2. The van der Waals surface area contributed by atoms with Gasteiger partial charge in [-0.2, -0.15) is 0 Å². The van der Waals surface area contributed by atoms with Gasteiger partial charge in [-0.3, -0.25) is 19.2 Å². The SMILES string of the molecule is COc1ccc(C(=O)N(Cc2ccc(F)cc2)C2CC(=O)N(c3ccc(OC(C)=O)cc3)C2=O)cc1. The second-order valence-electron chi connectivity index (χ2n) is 8.16. The molecule has 0 aromatic heterocycles. The zero-order chi connectivity index (χ0) is 25.8. The van der Waals surface area contributed by atoms with Crippen molar-refractivity contribution in [3.05, 3.63) is 89.7 Å². The van der Waals surface area contributed by atoms with Gasteiger partial charge >= 0.3 is 5.97 Å². The summed E-state index contributed by atoms with van der Waals surface area (Å²) in [7, 11) is 1.51. The predicted molar refractivity (Wildman–Crippen MR) is 128 cm³/mol. The minimum Gasteiger partial charge on any atom is -0.497 e. The number of hydrogen-bond donors (Lipinski definition) is 0. The standard InChI is InChI=1S/C27H23FN2O6/c1-17(31)36-23-13-9-21(10-14-23)30-25(32)15-24(27(30)34)29(16-18-3-7-20(28)8-4-18)26(33)19-5-11-22(35-2)12-6-19/h3-14,24H,15-16H2,1-2H3. The van der Waals surface area contributed by atoms with Crippen LogP contribution in [0.15, 0.2) is 72.8 Å². The smallest absolute Gasteiger partial charge is 0.308 e. The van der Waals surface area contributed by atoms with E-state index < -0.39 is 35.5 Å². The summed E-state index contributed by atoms with van der Waals surface area (Å²) in [4.78, 5) is 53.4. The highest BCUT2D eigenvalue weighted by atomic mass is 19.1. The van der Waals surface area contributed by atoms with Crippen molar-refractivity contribution in [1.29, 1.82) is 0 Å². The van der Waals surface area contributed by atoms with Crippen LogP contribution >= 0.6 is 0 Å². The van der Waals surface area contributed by atoms with E-state index in [4.69, 9.17) is 9.47 Å². The largest absolute Gasteiger partial charge is 0.497 e. The van der Waals surface area contributed by atoms with Crippen molar-refractivity contribution in [1.82, 2.24) is 4.90 Å². The Hall–Kier alpha value is -4.53. The number of nitrogens with zero attached hydrogens (tertiary/aromatic N) is 2. The molecule has 184 valence electrons. The van der Waals surface area contributed by atoms with Crippen molar-refractivity contribution < 1.29 is 33.0 Å². The average Bonchev–Trinajstić information content (AvgIpc) is 3.17. The first-order valence-corrected chi connectivity index (χ1v) is 11.1. The third-order valence-corrected chi connectivity index (χ3v) is 5.72. The van der Waals surface area contributed by atoms with Crippen LogP contribution in [0.4, 0.5) is 10.1 Å². The number of imide groups is 1. The first-order chi connectivity index (χ1) is 17.3. The molecule has 1 unspecified atom stereocenters. The number of halogens is 1. The summed E-state index contributed by atoms with van der Waals surface area (Å²) in [6.45, 7) is 1.26. The molecule has 3 aromatic carbocycles. The van der Waals surface area contributed by atoms with E-state index in [9.17, 15) is 23.6 Å². The highest BCUT2D eigenvalue weighted by Crippen LogP contribution is 2.29. The molecule has 8 nitrogen and oxygen atoms in total. The van der Waals surface area contributed by atoms with Crippen LogP contribution in [0.5, 0.6) is 11.5 Å². The maximum atomic E-state index is 13.5. The average molecular weight is 490 g/mol. The van der Waals surface area contributed by atoms with Crippen LogP contribution in [0.2, 0.25) is 0 Å². The van der Waals surface area contributed by atoms with Gasteiger partial charge in [-0.15, -0.1) is 0 Å². The molecular weight excluding hydrogens is 467 g/mol. The summed E-state index contributed by atoms with van der Waals surface area (Å²) >= 11 is 0. The van der Waals surface area contributed by atoms with E-state index >= 15 is 0 Å². The number of anilines is 1. The molecule has 1 heterocycles. The number of esters is 1. The first kappa shape index (κ1) is 24.6. The monoisotopic (exact) mass is 490 g/mol. The molecule has 0 aliphatic carbocycles. The number of methoxy groups -OCH3 is 1. The van der Waals surface area contributed by atoms with Crippen LogP contribution in [-0.2, 0) is 20.9 Å². The van der Waals surface area contributed by atoms with Gasteiger partial charge in [0.15, 0.2) is 0 Å². The molecule has 9 heteroatoms. The fraction of sp³-hybridized carbons (Fsp3) is 0.185. The molecule has 3 aromatic rings. The number of benzene rings is 3. The molecule has 1 aliphatic rings. The molecule has 1 saturated heterocycles. The van der Waals surface area contributed by atoms with E-state index in [1.807, 2.05) is 0 Å². The second kappa shape index (κ2) is 10.4. The molecule has 4 rings (SSSR count). The minimum absolute atomic E-state index is 0.00589. The number of hydrogen-bond acceptors (Lipinski definition) is 6. The molecular formula is C27H23FN2O6. The van der Waals surface area contributed by atoms with Crippen LogP contribution in [0.1, 0.15) is 29.3 Å². The Labute approximate surface area is 206 Å². The Kier molecular flexibility index (Phi) is 7.10. The van der Waals surface area contributed by atoms with Gasteiger partial charge < -0.3 is 14.4 Å². The summed E-state index contributed by atoms with van der Waals surface area (Å²) in [5.74, 6) is -1.59. The van der Waals surface area contributed by atoms with Crippen LogP contribution in [0.3, 0.4) is 0 Å². The summed E-state index contributed by atoms with van der Waals surface area (Å²) in [6.07, 6.45) is -0.215. The zero-order valence-corrected chi connectivity index (χ0v) is 19.6. The van der Waals surface area contributed by atoms with E-state index in [1.54, 1.807) is 24.3 Å². The van der Waals surface area contributed by atoms with E-state index in [-0.39, 0.29) is 18.7 Å². The Bertz CT molecular complexity index is 1290. The minimum atomic E-state index is -1.06. The molecule has 1 fully saturated rings. The number of carbonyl (C=O) groups is 4. The lowest BCUT2D eigenvalue weighted by Crippen LogP contribution is -2.45. The van der Waals surface area contributed by atoms with E-state index in [0.29, 0.717) is 22.6 Å². The summed E-state index contributed by atoms with van der Waals surface area (Å²) in [5.41, 5.74) is 1.20. The predicted octanol–water partition coefficient (Wildman–Crippen LogP) is 3.73. The Morgan fingerprint density at radius 2 is 1.56 bits per heavy atom. The summed E-state index contributed by atoms with van der Waals surface area (Å²) in [6, 6.07) is 16.9. The lowest BCUT2D eigenvalue weighted by atomic mass is 10.1. The van der Waals surface area contributed by atoms with Gasteiger partial charge in [-0.05, 0) is 66.2 Å². The molecule has 0 radical (unpaired) electrons. The quantitative estimate of drug-likeness (QED) is 0.285. The molecule has 0 N–H and O–H groups in total. The van der Waals surface area contributed by atoms with Gasteiger partial charge in [0.25, 0.3) is 11.8 Å². The van der Waals surface area contributed by atoms with E-state index in [2.05, 4.69) is 0 Å². The second-order valence-corrected chi connectivity index (χ2v) is 8.16. The molecule has 0 bridgehead atoms. The number of amides is 3. The van der Waals surface area contributed by atoms with Gasteiger partial charge in [0, 0.05) is 19.0 Å². The van der Waals surface area contributed by atoms with Crippen LogP contribution in [0, 0.1) is 5.82 Å². The van der Waals surface area contributed by atoms with Gasteiger partial charge in [0.05, 0.1) is 19.2 Å². The van der Waals surface area contributed by atoms with Gasteiger partial charge in [0.1, 0.15) is 23.4 Å². The van der Waals surface area contributed by atoms with E-state index in [1.165, 1.54) is 67.5 Å². The maximum Gasteiger partial charge on any atom is 0.308 e. The fourth-order valence-corrected chi connectivity index (χ4v) is 3.97. The van der Waals surface area contributed by atoms with Crippen molar-refractivity contribution in [3.63, 3.8) is 0 Å². The highest BCUT2D eigenvalue weighted by Gasteiger charge is 2.44. The third kappa shape index (κ3) is 5.25. The molecule has 36 heavy (non-hydrogen) atoms. The normalized spacial score (nSPS) is 15.1. The first-order valence-electron chi connectivity index (χ1n) is 11.1.